The van der Waals surface area contributed by atoms with Gasteiger partial charge in [0.25, 0.3) is 0 Å². The van der Waals surface area contributed by atoms with Crippen molar-refractivity contribution in [2.24, 2.45) is 5.92 Å². The Hall–Kier alpha value is -1.54. The van der Waals surface area contributed by atoms with E-state index in [9.17, 15) is 4.79 Å². The maximum absolute atomic E-state index is 12.3. The van der Waals surface area contributed by atoms with Crippen molar-refractivity contribution in [3.05, 3.63) is 42.0 Å². The number of Topliss-reactive ketones (excluding diaryl/α,β-unsaturated/α-hetero) is 1. The Morgan fingerprint density at radius 3 is 2.88 bits per heavy atom. The van der Waals surface area contributed by atoms with Crippen LogP contribution in [0.25, 0.3) is 10.8 Å². The molecule has 3 rings (SSSR count). The van der Waals surface area contributed by atoms with E-state index in [1.165, 1.54) is 0 Å². The van der Waals surface area contributed by atoms with E-state index in [0.717, 1.165) is 10.8 Å². The van der Waals surface area contributed by atoms with E-state index in [0.29, 0.717) is 23.8 Å². The lowest BCUT2D eigenvalue weighted by Crippen LogP contribution is -2.29. The Kier molecular flexibility index (Phi) is 2.52. The Labute approximate surface area is 104 Å². The molecule has 1 atom stereocenters. The van der Waals surface area contributed by atoms with Crippen LogP contribution in [0.4, 0.5) is 0 Å². The fourth-order valence-corrected chi connectivity index (χ4v) is 2.44. The molecule has 1 heterocycles. The zero-order valence-corrected chi connectivity index (χ0v) is 9.91. The molecule has 17 heavy (non-hydrogen) atoms. The van der Waals surface area contributed by atoms with Crippen molar-refractivity contribution in [3.8, 4) is 5.75 Å². The van der Waals surface area contributed by atoms with Crippen molar-refractivity contribution in [1.29, 1.82) is 0 Å². The molecule has 86 valence electrons. The minimum absolute atomic E-state index is 0.0954. The third-order valence-corrected chi connectivity index (χ3v) is 3.51. The van der Waals surface area contributed by atoms with E-state index in [1.807, 2.05) is 36.4 Å². The molecule has 0 amide bonds. The van der Waals surface area contributed by atoms with Gasteiger partial charge in [0.15, 0.2) is 5.78 Å². The molecule has 0 fully saturated rings. The molecule has 3 heteroatoms. The van der Waals surface area contributed by atoms with Gasteiger partial charge in [0.05, 0.1) is 18.1 Å². The quantitative estimate of drug-likeness (QED) is 0.722. The van der Waals surface area contributed by atoms with Crippen molar-refractivity contribution in [3.63, 3.8) is 0 Å². The van der Waals surface area contributed by atoms with Crippen LogP contribution in [0.5, 0.6) is 5.75 Å². The smallest absolute Gasteiger partial charge is 0.174 e. The summed E-state index contributed by atoms with van der Waals surface area (Å²) in [7, 11) is 0. The number of alkyl halides is 1. The van der Waals surface area contributed by atoms with E-state index in [-0.39, 0.29) is 11.7 Å². The van der Waals surface area contributed by atoms with E-state index in [1.54, 1.807) is 0 Å². The number of ketones is 1. The van der Waals surface area contributed by atoms with Gasteiger partial charge in [-0.3, -0.25) is 4.79 Å². The Balaban J connectivity index is 2.27. The highest BCUT2D eigenvalue weighted by Gasteiger charge is 2.29. The first-order valence-corrected chi connectivity index (χ1v) is 6.09. The third kappa shape index (κ3) is 1.60. The second kappa shape index (κ2) is 4.04. The van der Waals surface area contributed by atoms with E-state index >= 15 is 0 Å². The van der Waals surface area contributed by atoms with Gasteiger partial charge in [-0.05, 0) is 16.8 Å². The summed E-state index contributed by atoms with van der Waals surface area (Å²) in [4.78, 5) is 12.3. The van der Waals surface area contributed by atoms with Crippen LogP contribution < -0.4 is 4.74 Å². The topological polar surface area (TPSA) is 26.3 Å². The van der Waals surface area contributed by atoms with Crippen LogP contribution in [-0.4, -0.2) is 18.3 Å². The molecule has 2 nitrogen and oxygen atoms in total. The van der Waals surface area contributed by atoms with Crippen molar-refractivity contribution in [2.75, 3.05) is 12.5 Å². The van der Waals surface area contributed by atoms with Gasteiger partial charge >= 0.3 is 0 Å². The molecule has 1 unspecified atom stereocenters. The fourth-order valence-electron chi connectivity index (χ4n) is 2.21. The third-order valence-electron chi connectivity index (χ3n) is 3.13. The van der Waals surface area contributed by atoms with Crippen LogP contribution in [0.15, 0.2) is 36.4 Å². The van der Waals surface area contributed by atoms with Crippen LogP contribution >= 0.6 is 11.6 Å². The van der Waals surface area contributed by atoms with Crippen molar-refractivity contribution in [1.82, 2.24) is 0 Å². The average Bonchev–Trinajstić information content (AvgIpc) is 2.38. The fraction of sp³-hybridized carbons (Fsp3) is 0.214. The largest absolute Gasteiger partial charge is 0.492 e. The normalized spacial score (nSPS) is 18.9. The summed E-state index contributed by atoms with van der Waals surface area (Å²) in [5.74, 6) is 0.852. The van der Waals surface area contributed by atoms with Crippen molar-refractivity contribution >= 4 is 28.2 Å². The number of carbonyl (C=O) groups excluding carboxylic acids is 1. The molecule has 2 aromatic rings. The first kappa shape index (κ1) is 10.6. The summed E-state index contributed by atoms with van der Waals surface area (Å²) in [6.45, 7) is 0.383. The molecule has 0 N–H and O–H groups in total. The highest BCUT2D eigenvalue weighted by molar-refractivity contribution is 6.21. The summed E-state index contributed by atoms with van der Waals surface area (Å²) >= 11 is 5.79. The second-order valence-electron chi connectivity index (χ2n) is 4.19. The minimum Gasteiger partial charge on any atom is -0.492 e. The summed E-state index contributed by atoms with van der Waals surface area (Å²) in [5, 5.41) is 2.00. The number of halogens is 1. The van der Waals surface area contributed by atoms with Crippen molar-refractivity contribution in [2.45, 2.75) is 0 Å². The standard InChI is InChI=1S/C14H11ClO2/c15-7-10-8-17-12-6-5-9-3-1-2-4-11(9)13(12)14(10)16/h1-6,10H,7-8H2. The summed E-state index contributed by atoms with van der Waals surface area (Å²) in [5.41, 5.74) is 0.681. The number of carbonyl (C=O) groups is 1. The molecule has 0 spiro atoms. The van der Waals surface area contributed by atoms with Crippen molar-refractivity contribution < 1.29 is 9.53 Å². The average molecular weight is 247 g/mol. The second-order valence-corrected chi connectivity index (χ2v) is 4.49. The predicted molar refractivity (Wildman–Crippen MR) is 68.0 cm³/mol. The summed E-state index contributed by atoms with van der Waals surface area (Å²) in [6.07, 6.45) is 0. The lowest BCUT2D eigenvalue weighted by atomic mass is 9.92. The van der Waals surface area contributed by atoms with Crippen LogP contribution in [-0.2, 0) is 0 Å². The van der Waals surface area contributed by atoms with Gasteiger partial charge in [-0.25, -0.2) is 0 Å². The highest BCUT2D eigenvalue weighted by Crippen LogP contribution is 2.33. The minimum atomic E-state index is -0.227. The monoisotopic (exact) mass is 246 g/mol. The zero-order chi connectivity index (χ0) is 11.8. The molecular formula is C14H11ClO2. The van der Waals surface area contributed by atoms with Gasteiger partial charge in [-0.2, -0.15) is 0 Å². The van der Waals surface area contributed by atoms with Crippen LogP contribution in [0.3, 0.4) is 0 Å². The van der Waals surface area contributed by atoms with Gasteiger partial charge in [-0.1, -0.05) is 30.3 Å². The highest BCUT2D eigenvalue weighted by atomic mass is 35.5. The SMILES string of the molecule is O=C1c2c(ccc3ccccc23)OCC1CCl. The number of fused-ring (bicyclic) bond motifs is 3. The van der Waals surface area contributed by atoms with Gasteiger partial charge in [0.1, 0.15) is 5.75 Å². The first-order valence-electron chi connectivity index (χ1n) is 5.56. The lowest BCUT2D eigenvalue weighted by molar-refractivity contribution is 0.0855. The molecule has 2 aromatic carbocycles. The van der Waals surface area contributed by atoms with Gasteiger partial charge in [-0.15, -0.1) is 11.6 Å². The molecule has 0 aromatic heterocycles. The molecule has 0 saturated heterocycles. The maximum Gasteiger partial charge on any atom is 0.174 e. The zero-order valence-electron chi connectivity index (χ0n) is 9.15. The van der Waals surface area contributed by atoms with E-state index in [4.69, 9.17) is 16.3 Å². The first-order chi connectivity index (χ1) is 8.31. The van der Waals surface area contributed by atoms with E-state index in [2.05, 4.69) is 0 Å². The van der Waals surface area contributed by atoms with Crippen LogP contribution in [0.2, 0.25) is 0 Å². The predicted octanol–water partition coefficient (Wildman–Crippen LogP) is 3.27. The molecule has 0 radical (unpaired) electrons. The number of hydrogen-bond acceptors (Lipinski definition) is 2. The molecule has 0 aliphatic carbocycles. The number of rotatable bonds is 1. The Bertz CT molecular complexity index is 592. The molecule has 1 aliphatic heterocycles. The Morgan fingerprint density at radius 1 is 1.24 bits per heavy atom. The maximum atomic E-state index is 12.3. The Morgan fingerprint density at radius 2 is 2.06 bits per heavy atom. The molecule has 0 saturated carbocycles. The van der Waals surface area contributed by atoms with Gasteiger partial charge in [0.2, 0.25) is 0 Å². The van der Waals surface area contributed by atoms with Gasteiger partial charge < -0.3 is 4.74 Å². The summed E-state index contributed by atoms with van der Waals surface area (Å²) < 4.78 is 5.60. The van der Waals surface area contributed by atoms with Crippen LogP contribution in [0.1, 0.15) is 10.4 Å². The van der Waals surface area contributed by atoms with E-state index < -0.39 is 0 Å². The molecule has 0 bridgehead atoms. The summed E-state index contributed by atoms with van der Waals surface area (Å²) in [6, 6.07) is 11.7. The lowest BCUT2D eigenvalue weighted by Gasteiger charge is -2.23. The van der Waals surface area contributed by atoms with Crippen LogP contribution in [0, 0.1) is 5.92 Å². The van der Waals surface area contributed by atoms with Gasteiger partial charge in [0, 0.05) is 5.88 Å². The number of ether oxygens (including phenoxy) is 1. The molecule has 1 aliphatic rings. The number of benzene rings is 2. The number of hydrogen-bond donors (Lipinski definition) is 0. The molecular weight excluding hydrogens is 236 g/mol.